The fourth-order valence-corrected chi connectivity index (χ4v) is 8.03. The lowest BCUT2D eigenvalue weighted by Gasteiger charge is -2.35. The molecular weight excluding hydrogens is 514 g/mol. The molecule has 208 valence electrons. The van der Waals surface area contributed by atoms with E-state index in [1.165, 1.54) is 0 Å². The number of aromatic nitrogens is 1. The van der Waals surface area contributed by atoms with E-state index in [0.717, 1.165) is 36.3 Å². The van der Waals surface area contributed by atoms with Crippen molar-refractivity contribution in [3.8, 4) is 17.2 Å². The lowest BCUT2D eigenvalue weighted by Crippen LogP contribution is -2.44. The SMILES string of the molecule is COc1cc(C)c(S(=O)(=O)N2CCCCC2CCCC(=O)N2CCc3nc(-c4ccccc4)oc3C2)c(C)c1. The highest BCUT2D eigenvalue weighted by Gasteiger charge is 2.35. The highest BCUT2D eigenvalue weighted by Crippen LogP contribution is 2.33. The molecule has 1 amide bonds. The van der Waals surface area contributed by atoms with Crippen molar-refractivity contribution in [3.63, 3.8) is 0 Å². The van der Waals surface area contributed by atoms with Crippen molar-refractivity contribution in [1.82, 2.24) is 14.2 Å². The number of carbonyl (C=O) groups excluding carboxylic acids is 1. The Morgan fingerprint density at radius 1 is 1.10 bits per heavy atom. The fraction of sp³-hybridized carbons (Fsp3) is 0.467. The van der Waals surface area contributed by atoms with Crippen molar-refractivity contribution in [3.05, 3.63) is 65.0 Å². The number of benzene rings is 2. The van der Waals surface area contributed by atoms with Crippen LogP contribution in [-0.2, 0) is 27.8 Å². The zero-order valence-electron chi connectivity index (χ0n) is 23.0. The lowest BCUT2D eigenvalue weighted by molar-refractivity contribution is -0.132. The van der Waals surface area contributed by atoms with Gasteiger partial charge in [0.2, 0.25) is 21.8 Å². The zero-order chi connectivity index (χ0) is 27.6. The summed E-state index contributed by atoms with van der Waals surface area (Å²) in [5.74, 6) is 2.08. The summed E-state index contributed by atoms with van der Waals surface area (Å²) in [5, 5.41) is 0. The second kappa shape index (κ2) is 11.5. The van der Waals surface area contributed by atoms with Gasteiger partial charge < -0.3 is 14.1 Å². The van der Waals surface area contributed by atoms with E-state index < -0.39 is 10.0 Å². The Hall–Kier alpha value is -3.17. The molecule has 0 bridgehead atoms. The van der Waals surface area contributed by atoms with E-state index in [2.05, 4.69) is 4.98 Å². The molecule has 3 aromatic rings. The van der Waals surface area contributed by atoms with Crippen LogP contribution in [0.3, 0.4) is 0 Å². The molecule has 1 fully saturated rings. The highest BCUT2D eigenvalue weighted by atomic mass is 32.2. The van der Waals surface area contributed by atoms with E-state index in [-0.39, 0.29) is 11.9 Å². The normalized spacial score (nSPS) is 18.1. The van der Waals surface area contributed by atoms with Crippen molar-refractivity contribution in [2.75, 3.05) is 20.2 Å². The van der Waals surface area contributed by atoms with Crippen LogP contribution in [0.25, 0.3) is 11.5 Å². The average molecular weight is 552 g/mol. The summed E-state index contributed by atoms with van der Waals surface area (Å²) < 4.78 is 40.6. The Labute approximate surface area is 231 Å². The number of methoxy groups -OCH3 is 1. The first-order valence-corrected chi connectivity index (χ1v) is 15.2. The minimum absolute atomic E-state index is 0.0744. The standard InChI is InChI=1S/C30H37N3O5S/c1-21-18-25(37-3)19-22(2)29(21)39(35,36)33-16-8-7-12-24(33)13-9-14-28(34)32-17-15-26-27(20-32)38-30(31-26)23-10-5-4-6-11-23/h4-6,10-11,18-19,24H,7-9,12-17,20H2,1-3H3. The van der Waals surface area contributed by atoms with Gasteiger partial charge in [-0.1, -0.05) is 24.6 Å². The molecule has 5 rings (SSSR count). The monoisotopic (exact) mass is 551 g/mol. The second-order valence-corrected chi connectivity index (χ2v) is 12.4. The summed E-state index contributed by atoms with van der Waals surface area (Å²) >= 11 is 0. The van der Waals surface area contributed by atoms with E-state index >= 15 is 0 Å². The van der Waals surface area contributed by atoms with Crippen LogP contribution >= 0.6 is 0 Å². The van der Waals surface area contributed by atoms with Gasteiger partial charge in [-0.15, -0.1) is 0 Å². The van der Waals surface area contributed by atoms with Crippen molar-refractivity contribution in [1.29, 1.82) is 0 Å². The van der Waals surface area contributed by atoms with E-state index in [1.54, 1.807) is 23.5 Å². The molecule has 9 heteroatoms. The number of nitrogens with zero attached hydrogens (tertiary/aromatic N) is 3. The Balaban J connectivity index is 1.21. The van der Waals surface area contributed by atoms with E-state index in [9.17, 15) is 13.2 Å². The zero-order valence-corrected chi connectivity index (χ0v) is 23.8. The summed E-state index contributed by atoms with van der Waals surface area (Å²) in [6, 6.07) is 13.2. The molecule has 3 heterocycles. The lowest BCUT2D eigenvalue weighted by atomic mass is 9.99. The maximum atomic E-state index is 13.8. The van der Waals surface area contributed by atoms with E-state index in [1.807, 2.05) is 49.1 Å². The molecule has 0 spiro atoms. The molecule has 0 N–H and O–H groups in total. The number of hydrogen-bond donors (Lipinski definition) is 0. The Bertz CT molecular complexity index is 1410. The number of carbonyl (C=O) groups is 1. The second-order valence-electron chi connectivity index (χ2n) is 10.6. The summed E-state index contributed by atoms with van der Waals surface area (Å²) in [7, 11) is -2.08. The molecule has 39 heavy (non-hydrogen) atoms. The quantitative estimate of drug-likeness (QED) is 0.379. The largest absolute Gasteiger partial charge is 0.497 e. The Morgan fingerprint density at radius 2 is 1.85 bits per heavy atom. The first kappa shape index (κ1) is 27.4. The first-order chi connectivity index (χ1) is 18.8. The molecule has 2 aliphatic rings. The van der Waals surface area contributed by atoms with Gasteiger partial charge in [0, 0.05) is 37.5 Å². The molecule has 1 aromatic heterocycles. The average Bonchev–Trinajstić information content (AvgIpc) is 3.37. The number of piperidine rings is 1. The number of ether oxygens (including phenoxy) is 1. The van der Waals surface area contributed by atoms with Gasteiger partial charge in [0.1, 0.15) is 11.5 Å². The predicted octanol–water partition coefficient (Wildman–Crippen LogP) is 5.27. The van der Waals surface area contributed by atoms with Crippen LogP contribution in [0.1, 0.15) is 61.1 Å². The number of oxazole rings is 1. The molecule has 0 aliphatic carbocycles. The van der Waals surface area contributed by atoms with Crippen LogP contribution in [-0.4, -0.2) is 54.8 Å². The van der Waals surface area contributed by atoms with E-state index in [0.29, 0.717) is 73.0 Å². The van der Waals surface area contributed by atoms with Crippen molar-refractivity contribution in [2.45, 2.75) is 76.3 Å². The summed E-state index contributed by atoms with van der Waals surface area (Å²) in [6.07, 6.45) is 5.03. The van der Waals surface area contributed by atoms with Crippen LogP contribution < -0.4 is 4.74 Å². The van der Waals surface area contributed by atoms with Gasteiger partial charge in [0.15, 0.2) is 0 Å². The van der Waals surface area contributed by atoms with Gasteiger partial charge in [-0.25, -0.2) is 13.4 Å². The van der Waals surface area contributed by atoms with Crippen molar-refractivity contribution < 1.29 is 22.4 Å². The Kier molecular flexibility index (Phi) is 8.09. The van der Waals surface area contributed by atoms with Crippen LogP contribution in [0.15, 0.2) is 51.8 Å². The van der Waals surface area contributed by atoms with Crippen LogP contribution in [0, 0.1) is 13.8 Å². The molecule has 2 aliphatic heterocycles. The topological polar surface area (TPSA) is 93.0 Å². The number of hydrogen-bond acceptors (Lipinski definition) is 6. The van der Waals surface area contributed by atoms with Gasteiger partial charge in [-0.3, -0.25) is 4.79 Å². The molecule has 1 atom stereocenters. The maximum absolute atomic E-state index is 13.8. The summed E-state index contributed by atoms with van der Waals surface area (Å²) in [6.45, 7) is 5.19. The molecule has 2 aromatic carbocycles. The minimum atomic E-state index is -3.66. The third-order valence-electron chi connectivity index (χ3n) is 7.84. The molecular formula is C30H37N3O5S. The molecule has 0 radical (unpaired) electrons. The van der Waals surface area contributed by atoms with Gasteiger partial charge in [0.25, 0.3) is 0 Å². The number of fused-ring (bicyclic) bond motifs is 1. The van der Waals surface area contributed by atoms with Gasteiger partial charge in [0.05, 0.1) is 24.2 Å². The van der Waals surface area contributed by atoms with Gasteiger partial charge in [-0.05, 0) is 74.9 Å². The molecule has 1 saturated heterocycles. The third kappa shape index (κ3) is 5.75. The summed E-state index contributed by atoms with van der Waals surface area (Å²) in [4.78, 5) is 19.9. The van der Waals surface area contributed by atoms with Gasteiger partial charge >= 0.3 is 0 Å². The first-order valence-electron chi connectivity index (χ1n) is 13.8. The maximum Gasteiger partial charge on any atom is 0.243 e. The molecule has 1 unspecified atom stereocenters. The Morgan fingerprint density at radius 3 is 2.56 bits per heavy atom. The van der Waals surface area contributed by atoms with Crippen LogP contribution in [0.5, 0.6) is 5.75 Å². The fourth-order valence-electron chi connectivity index (χ4n) is 5.89. The van der Waals surface area contributed by atoms with Crippen LogP contribution in [0.4, 0.5) is 0 Å². The van der Waals surface area contributed by atoms with Crippen molar-refractivity contribution >= 4 is 15.9 Å². The minimum Gasteiger partial charge on any atom is -0.497 e. The number of aryl methyl sites for hydroxylation is 2. The summed E-state index contributed by atoms with van der Waals surface area (Å²) in [5.41, 5.74) is 3.24. The van der Waals surface area contributed by atoms with E-state index in [4.69, 9.17) is 9.15 Å². The number of sulfonamides is 1. The molecule has 8 nitrogen and oxygen atoms in total. The number of rotatable bonds is 8. The molecule has 0 saturated carbocycles. The predicted molar refractivity (Wildman–Crippen MR) is 149 cm³/mol. The highest BCUT2D eigenvalue weighted by molar-refractivity contribution is 7.89. The van der Waals surface area contributed by atoms with Crippen LogP contribution in [0.2, 0.25) is 0 Å². The third-order valence-corrected chi connectivity index (χ3v) is 10.1. The smallest absolute Gasteiger partial charge is 0.243 e. The van der Waals surface area contributed by atoms with Gasteiger partial charge in [-0.2, -0.15) is 4.31 Å². The number of amides is 1. The van der Waals surface area contributed by atoms with Crippen molar-refractivity contribution in [2.24, 2.45) is 0 Å².